The third-order valence-electron chi connectivity index (χ3n) is 3.65. The molecule has 0 saturated heterocycles. The van der Waals surface area contributed by atoms with Gasteiger partial charge in [0.25, 0.3) is 0 Å². The molecule has 7 heteroatoms. The lowest BCUT2D eigenvalue weighted by Crippen LogP contribution is -2.11. The van der Waals surface area contributed by atoms with Gasteiger partial charge in [0.05, 0.1) is 23.8 Å². The Bertz CT molecular complexity index is 949. The van der Waals surface area contributed by atoms with Gasteiger partial charge in [-0.1, -0.05) is 28.1 Å². The van der Waals surface area contributed by atoms with Gasteiger partial charge < -0.3 is 9.47 Å². The summed E-state index contributed by atoms with van der Waals surface area (Å²) in [5.41, 5.74) is 2.50. The molecule has 124 valence electrons. The van der Waals surface area contributed by atoms with Crippen LogP contribution in [0.4, 0.5) is 4.79 Å². The number of hydrogen-bond donors (Lipinski definition) is 0. The molecule has 0 aliphatic heterocycles. The first kappa shape index (κ1) is 16.4. The molecular weight excluding hydrogens is 376 g/mol. The summed E-state index contributed by atoms with van der Waals surface area (Å²) in [6.45, 7) is 3.42. The monoisotopic (exact) mass is 390 g/mol. The Morgan fingerprint density at radius 3 is 2.75 bits per heavy atom. The molecule has 0 aliphatic carbocycles. The van der Waals surface area contributed by atoms with E-state index < -0.39 is 6.16 Å². The topological polar surface area (TPSA) is 70.4 Å². The standard InChI is InChI=1S/C17H15BrN2O4/c1-3-23-17(22)24-15-7-12-14(9-19-15)20(10(2)21)13-6-4-5-11(8-18)16(12)13/h4-7,9H,3,8H2,1-2H3. The maximum atomic E-state index is 12.1. The van der Waals surface area contributed by atoms with E-state index in [1.807, 2.05) is 18.2 Å². The Kier molecular flexibility index (Phi) is 4.53. The largest absolute Gasteiger partial charge is 0.515 e. The number of fused-ring (bicyclic) bond motifs is 3. The van der Waals surface area contributed by atoms with Gasteiger partial charge in [-0.2, -0.15) is 0 Å². The summed E-state index contributed by atoms with van der Waals surface area (Å²) in [6, 6.07) is 7.42. The molecule has 0 bridgehead atoms. The van der Waals surface area contributed by atoms with Crippen molar-refractivity contribution in [1.82, 2.24) is 9.55 Å². The number of rotatable bonds is 3. The molecule has 1 aromatic carbocycles. The van der Waals surface area contributed by atoms with Gasteiger partial charge in [-0.3, -0.25) is 9.36 Å². The predicted molar refractivity (Wildman–Crippen MR) is 93.8 cm³/mol. The van der Waals surface area contributed by atoms with E-state index in [1.165, 1.54) is 13.1 Å². The highest BCUT2D eigenvalue weighted by Gasteiger charge is 2.18. The van der Waals surface area contributed by atoms with E-state index in [2.05, 4.69) is 20.9 Å². The van der Waals surface area contributed by atoms with Crippen molar-refractivity contribution >= 4 is 49.8 Å². The number of nitrogens with zero attached hydrogens (tertiary/aromatic N) is 2. The number of carbonyl (C=O) groups is 2. The van der Waals surface area contributed by atoms with E-state index in [4.69, 9.17) is 9.47 Å². The molecule has 2 aromatic heterocycles. The highest BCUT2D eigenvalue weighted by molar-refractivity contribution is 9.08. The van der Waals surface area contributed by atoms with Gasteiger partial charge in [0, 0.05) is 29.1 Å². The molecule has 0 unspecified atom stereocenters. The van der Waals surface area contributed by atoms with Crippen LogP contribution in [0.5, 0.6) is 5.88 Å². The Hall–Kier alpha value is -2.41. The highest BCUT2D eigenvalue weighted by Crippen LogP contribution is 2.33. The summed E-state index contributed by atoms with van der Waals surface area (Å²) in [5, 5.41) is 2.36. The van der Waals surface area contributed by atoms with Gasteiger partial charge in [-0.25, -0.2) is 9.78 Å². The zero-order valence-corrected chi connectivity index (χ0v) is 14.8. The molecule has 2 heterocycles. The second-order valence-corrected chi connectivity index (χ2v) is 5.68. The van der Waals surface area contributed by atoms with Crippen LogP contribution in [0.3, 0.4) is 0 Å². The summed E-state index contributed by atoms with van der Waals surface area (Å²) in [7, 11) is 0. The van der Waals surface area contributed by atoms with Crippen molar-refractivity contribution in [1.29, 1.82) is 0 Å². The maximum Gasteiger partial charge on any atom is 0.515 e. The van der Waals surface area contributed by atoms with E-state index in [9.17, 15) is 9.59 Å². The van der Waals surface area contributed by atoms with Crippen LogP contribution in [0.25, 0.3) is 21.8 Å². The van der Waals surface area contributed by atoms with Crippen LogP contribution < -0.4 is 4.74 Å². The summed E-state index contributed by atoms with van der Waals surface area (Å²) < 4.78 is 11.5. The lowest BCUT2D eigenvalue weighted by atomic mass is 10.1. The number of halogens is 1. The minimum Gasteiger partial charge on any atom is -0.434 e. The van der Waals surface area contributed by atoms with E-state index in [0.717, 1.165) is 21.9 Å². The van der Waals surface area contributed by atoms with Gasteiger partial charge >= 0.3 is 6.16 Å². The fraction of sp³-hybridized carbons (Fsp3) is 0.235. The van der Waals surface area contributed by atoms with Crippen LogP contribution in [-0.4, -0.2) is 28.2 Å². The minimum atomic E-state index is -0.805. The first-order chi connectivity index (χ1) is 11.6. The first-order valence-corrected chi connectivity index (χ1v) is 8.52. The minimum absolute atomic E-state index is 0.109. The third kappa shape index (κ3) is 2.75. The van der Waals surface area contributed by atoms with E-state index in [0.29, 0.717) is 10.8 Å². The molecule has 0 aliphatic rings. The van der Waals surface area contributed by atoms with Crippen LogP contribution in [0.2, 0.25) is 0 Å². The second kappa shape index (κ2) is 6.60. The van der Waals surface area contributed by atoms with Gasteiger partial charge in [-0.05, 0) is 18.6 Å². The van der Waals surface area contributed by atoms with Crippen molar-refractivity contribution in [3.05, 3.63) is 36.0 Å². The van der Waals surface area contributed by atoms with Crippen LogP contribution in [0.15, 0.2) is 30.5 Å². The van der Waals surface area contributed by atoms with Crippen molar-refractivity contribution in [2.24, 2.45) is 0 Å². The number of hydrogen-bond acceptors (Lipinski definition) is 5. The van der Waals surface area contributed by atoms with Crippen molar-refractivity contribution in [3.8, 4) is 5.88 Å². The maximum absolute atomic E-state index is 12.1. The third-order valence-corrected chi connectivity index (χ3v) is 4.25. The molecule has 0 amide bonds. The Morgan fingerprint density at radius 1 is 1.29 bits per heavy atom. The normalized spacial score (nSPS) is 11.0. The molecule has 0 fully saturated rings. The zero-order chi connectivity index (χ0) is 17.3. The Labute approximate surface area is 146 Å². The average molecular weight is 391 g/mol. The van der Waals surface area contributed by atoms with Crippen LogP contribution in [-0.2, 0) is 10.1 Å². The molecule has 6 nitrogen and oxygen atoms in total. The number of benzene rings is 1. The molecule has 0 atom stereocenters. The SMILES string of the molecule is CCOC(=O)Oc1cc2c3c(CBr)cccc3n(C(C)=O)c2cn1. The molecule has 24 heavy (non-hydrogen) atoms. The summed E-state index contributed by atoms with van der Waals surface area (Å²) in [6.07, 6.45) is 0.726. The first-order valence-electron chi connectivity index (χ1n) is 7.40. The average Bonchev–Trinajstić information content (AvgIpc) is 2.89. The van der Waals surface area contributed by atoms with Crippen LogP contribution in [0, 0.1) is 0 Å². The van der Waals surface area contributed by atoms with Gasteiger partial charge in [-0.15, -0.1) is 0 Å². The zero-order valence-electron chi connectivity index (χ0n) is 13.2. The van der Waals surface area contributed by atoms with E-state index >= 15 is 0 Å². The summed E-state index contributed by atoms with van der Waals surface area (Å²) in [4.78, 5) is 27.7. The number of aromatic nitrogens is 2. The van der Waals surface area contributed by atoms with E-state index in [1.54, 1.807) is 17.6 Å². The molecule has 3 aromatic rings. The lowest BCUT2D eigenvalue weighted by molar-refractivity contribution is 0.0944. The van der Waals surface area contributed by atoms with E-state index in [-0.39, 0.29) is 18.4 Å². The number of pyridine rings is 1. The summed E-state index contributed by atoms with van der Waals surface area (Å²) in [5.74, 6) is 0.0236. The quantitative estimate of drug-likeness (QED) is 0.492. The summed E-state index contributed by atoms with van der Waals surface area (Å²) >= 11 is 3.47. The fourth-order valence-corrected chi connectivity index (χ4v) is 3.23. The number of ether oxygens (including phenoxy) is 2. The number of alkyl halides is 1. The number of carbonyl (C=O) groups excluding carboxylic acids is 2. The van der Waals surface area contributed by atoms with Crippen molar-refractivity contribution in [2.75, 3.05) is 6.61 Å². The molecule has 0 N–H and O–H groups in total. The van der Waals surface area contributed by atoms with Crippen LogP contribution >= 0.6 is 15.9 Å². The molecule has 0 radical (unpaired) electrons. The van der Waals surface area contributed by atoms with Crippen molar-refractivity contribution in [3.63, 3.8) is 0 Å². The molecule has 0 spiro atoms. The predicted octanol–water partition coefficient (Wildman–Crippen LogP) is 4.28. The van der Waals surface area contributed by atoms with Gasteiger partial charge in [0.2, 0.25) is 11.8 Å². The van der Waals surface area contributed by atoms with Gasteiger partial charge in [0.15, 0.2) is 0 Å². The van der Waals surface area contributed by atoms with Crippen molar-refractivity contribution in [2.45, 2.75) is 19.2 Å². The van der Waals surface area contributed by atoms with Gasteiger partial charge in [0.1, 0.15) is 0 Å². The molecule has 3 rings (SSSR count). The highest BCUT2D eigenvalue weighted by atomic mass is 79.9. The van der Waals surface area contributed by atoms with Crippen LogP contribution in [0.1, 0.15) is 24.2 Å². The second-order valence-electron chi connectivity index (χ2n) is 5.12. The molecule has 0 saturated carbocycles. The molecular formula is C17H15BrN2O4. The lowest BCUT2D eigenvalue weighted by Gasteiger charge is -2.04. The smallest absolute Gasteiger partial charge is 0.434 e. The fourth-order valence-electron chi connectivity index (χ4n) is 2.76. The Morgan fingerprint density at radius 2 is 2.08 bits per heavy atom. The Balaban J connectivity index is 2.26. The van der Waals surface area contributed by atoms with Crippen molar-refractivity contribution < 1.29 is 19.1 Å².